The summed E-state index contributed by atoms with van der Waals surface area (Å²) in [5.41, 5.74) is 8.34. The Kier molecular flexibility index (Phi) is 4.04. The summed E-state index contributed by atoms with van der Waals surface area (Å²) in [6, 6.07) is 28.0. The molecule has 0 amide bonds. The van der Waals surface area contributed by atoms with Gasteiger partial charge in [-0.2, -0.15) is 10.2 Å². The standard InChI is InChI=1S/C28H16N6/c1-2-7-22-21(6-1)31-24-14-12-19(20-8-4-16-30-34-20)25(28(24)32-22)23-13-11-18-10-9-17-5-3-15-29-26(17)27(18)33-23/h1-16H. The molecule has 0 fully saturated rings. The van der Waals surface area contributed by atoms with Gasteiger partial charge < -0.3 is 0 Å². The lowest BCUT2D eigenvalue weighted by molar-refractivity contribution is 1.04. The first-order chi connectivity index (χ1) is 16.8. The number of benzene rings is 3. The summed E-state index contributed by atoms with van der Waals surface area (Å²) in [5, 5.41) is 10.6. The van der Waals surface area contributed by atoms with Gasteiger partial charge in [0.15, 0.2) is 0 Å². The monoisotopic (exact) mass is 436 g/mol. The van der Waals surface area contributed by atoms with Crippen LogP contribution in [0, 0.1) is 0 Å². The number of rotatable bonds is 2. The Balaban J connectivity index is 1.61. The molecule has 0 N–H and O–H groups in total. The number of aromatic nitrogens is 6. The normalized spacial score (nSPS) is 11.5. The summed E-state index contributed by atoms with van der Waals surface area (Å²) in [5.74, 6) is 0. The van der Waals surface area contributed by atoms with E-state index < -0.39 is 0 Å². The van der Waals surface area contributed by atoms with Crippen LogP contribution in [0.2, 0.25) is 0 Å². The highest BCUT2D eigenvalue weighted by molar-refractivity contribution is 6.06. The highest BCUT2D eigenvalue weighted by atomic mass is 15.1. The summed E-state index contributed by atoms with van der Waals surface area (Å²) in [6.45, 7) is 0. The topological polar surface area (TPSA) is 77.3 Å². The van der Waals surface area contributed by atoms with E-state index in [1.807, 2.05) is 60.7 Å². The summed E-state index contributed by atoms with van der Waals surface area (Å²) in [6.07, 6.45) is 3.47. The molecule has 0 saturated carbocycles. The zero-order chi connectivity index (χ0) is 22.5. The Bertz CT molecular complexity index is 1860. The van der Waals surface area contributed by atoms with E-state index in [1.54, 1.807) is 12.4 Å². The van der Waals surface area contributed by atoms with Gasteiger partial charge in [0, 0.05) is 34.3 Å². The third-order valence-electron chi connectivity index (χ3n) is 6.05. The number of fused-ring (bicyclic) bond motifs is 5. The van der Waals surface area contributed by atoms with Crippen LogP contribution in [-0.2, 0) is 0 Å². The van der Waals surface area contributed by atoms with Gasteiger partial charge in [-0.15, -0.1) is 0 Å². The first-order valence-electron chi connectivity index (χ1n) is 11.0. The summed E-state index contributed by atoms with van der Waals surface area (Å²) < 4.78 is 0. The van der Waals surface area contributed by atoms with Crippen LogP contribution in [0.1, 0.15) is 0 Å². The Morgan fingerprint density at radius 1 is 0.471 bits per heavy atom. The van der Waals surface area contributed by atoms with Crippen LogP contribution < -0.4 is 0 Å². The fourth-order valence-corrected chi connectivity index (χ4v) is 4.47. The molecule has 3 aromatic carbocycles. The molecule has 0 saturated heterocycles. The van der Waals surface area contributed by atoms with E-state index in [9.17, 15) is 0 Å². The molecule has 0 atom stereocenters. The van der Waals surface area contributed by atoms with Crippen molar-refractivity contribution in [2.75, 3.05) is 0 Å². The van der Waals surface area contributed by atoms with Gasteiger partial charge in [0.1, 0.15) is 0 Å². The van der Waals surface area contributed by atoms with Gasteiger partial charge >= 0.3 is 0 Å². The Labute approximate surface area is 194 Å². The highest BCUT2D eigenvalue weighted by Gasteiger charge is 2.18. The maximum atomic E-state index is 5.11. The van der Waals surface area contributed by atoms with Gasteiger partial charge in [-0.3, -0.25) is 4.98 Å². The molecule has 0 radical (unpaired) electrons. The lowest BCUT2D eigenvalue weighted by atomic mass is 9.98. The van der Waals surface area contributed by atoms with Crippen molar-refractivity contribution in [2.24, 2.45) is 0 Å². The summed E-state index contributed by atoms with van der Waals surface area (Å²) in [4.78, 5) is 19.6. The molecule has 6 nitrogen and oxygen atoms in total. The lowest BCUT2D eigenvalue weighted by Crippen LogP contribution is -1.97. The van der Waals surface area contributed by atoms with Crippen molar-refractivity contribution in [3.8, 4) is 22.5 Å². The molecule has 7 rings (SSSR count). The minimum atomic E-state index is 0.757. The average molecular weight is 436 g/mol. The van der Waals surface area contributed by atoms with E-state index in [2.05, 4.69) is 39.4 Å². The fourth-order valence-electron chi connectivity index (χ4n) is 4.47. The molecular formula is C28H16N6. The van der Waals surface area contributed by atoms with Crippen molar-refractivity contribution in [1.29, 1.82) is 0 Å². The SMILES string of the molecule is c1cnnc(-c2ccc3nc4ccccc4nc3c2-c2ccc3ccc4cccnc4c3n2)c1. The Morgan fingerprint density at radius 3 is 2.12 bits per heavy atom. The van der Waals surface area contributed by atoms with Crippen LogP contribution in [-0.4, -0.2) is 30.1 Å². The van der Waals surface area contributed by atoms with Crippen LogP contribution in [0.15, 0.2) is 97.3 Å². The van der Waals surface area contributed by atoms with E-state index in [0.717, 1.165) is 66.4 Å². The second-order valence-electron chi connectivity index (χ2n) is 8.09. The van der Waals surface area contributed by atoms with Crippen molar-refractivity contribution < 1.29 is 0 Å². The van der Waals surface area contributed by atoms with Crippen molar-refractivity contribution >= 4 is 43.9 Å². The molecule has 7 aromatic rings. The van der Waals surface area contributed by atoms with Crippen LogP contribution in [0.3, 0.4) is 0 Å². The third kappa shape index (κ3) is 2.89. The second-order valence-corrected chi connectivity index (χ2v) is 8.09. The lowest BCUT2D eigenvalue weighted by Gasteiger charge is -2.13. The van der Waals surface area contributed by atoms with E-state index in [1.165, 1.54) is 0 Å². The minimum Gasteiger partial charge on any atom is -0.254 e. The maximum Gasteiger partial charge on any atom is 0.0995 e. The zero-order valence-corrected chi connectivity index (χ0v) is 17.9. The third-order valence-corrected chi connectivity index (χ3v) is 6.05. The van der Waals surface area contributed by atoms with Gasteiger partial charge in [0.25, 0.3) is 0 Å². The van der Waals surface area contributed by atoms with Crippen molar-refractivity contribution in [3.63, 3.8) is 0 Å². The predicted molar refractivity (Wildman–Crippen MR) is 134 cm³/mol. The smallest absolute Gasteiger partial charge is 0.0995 e. The number of hydrogen-bond acceptors (Lipinski definition) is 6. The number of nitrogens with zero attached hydrogens (tertiary/aromatic N) is 6. The van der Waals surface area contributed by atoms with Crippen LogP contribution in [0.5, 0.6) is 0 Å². The minimum absolute atomic E-state index is 0.757. The maximum absolute atomic E-state index is 5.11. The molecule has 0 aliphatic carbocycles. The summed E-state index contributed by atoms with van der Waals surface area (Å²) >= 11 is 0. The molecule has 0 aliphatic heterocycles. The molecular weight excluding hydrogens is 420 g/mol. The molecule has 0 aliphatic rings. The molecule has 6 heteroatoms. The van der Waals surface area contributed by atoms with Crippen LogP contribution in [0.25, 0.3) is 66.4 Å². The molecule has 0 unspecified atom stereocenters. The Hall–Kier alpha value is -4.84. The largest absolute Gasteiger partial charge is 0.254 e. The van der Waals surface area contributed by atoms with Crippen LogP contribution >= 0.6 is 0 Å². The number of hydrogen-bond donors (Lipinski definition) is 0. The van der Waals surface area contributed by atoms with Crippen LogP contribution in [0.4, 0.5) is 0 Å². The van der Waals surface area contributed by atoms with Crippen molar-refractivity contribution in [2.45, 2.75) is 0 Å². The van der Waals surface area contributed by atoms with E-state index in [4.69, 9.17) is 15.0 Å². The van der Waals surface area contributed by atoms with E-state index in [0.29, 0.717) is 0 Å². The average Bonchev–Trinajstić information content (AvgIpc) is 2.91. The number of para-hydroxylation sites is 2. The van der Waals surface area contributed by atoms with Gasteiger partial charge in [-0.05, 0) is 48.5 Å². The second kappa shape index (κ2) is 7.35. The van der Waals surface area contributed by atoms with Crippen molar-refractivity contribution in [1.82, 2.24) is 30.1 Å². The molecule has 4 aromatic heterocycles. The zero-order valence-electron chi connectivity index (χ0n) is 17.9. The van der Waals surface area contributed by atoms with Crippen molar-refractivity contribution in [3.05, 3.63) is 97.3 Å². The van der Waals surface area contributed by atoms with Gasteiger partial charge in [0.2, 0.25) is 0 Å². The Morgan fingerprint density at radius 2 is 1.26 bits per heavy atom. The van der Waals surface area contributed by atoms with Gasteiger partial charge in [0.05, 0.1) is 44.5 Å². The first kappa shape index (κ1) is 18.7. The fraction of sp³-hybridized carbons (Fsp3) is 0. The molecule has 0 spiro atoms. The predicted octanol–water partition coefficient (Wildman–Crippen LogP) is 6.00. The number of pyridine rings is 2. The highest BCUT2D eigenvalue weighted by Crippen LogP contribution is 2.37. The van der Waals surface area contributed by atoms with E-state index in [-0.39, 0.29) is 0 Å². The van der Waals surface area contributed by atoms with Gasteiger partial charge in [-0.25, -0.2) is 15.0 Å². The first-order valence-corrected chi connectivity index (χ1v) is 11.0. The molecule has 34 heavy (non-hydrogen) atoms. The molecule has 158 valence electrons. The molecule has 0 bridgehead atoms. The molecule has 4 heterocycles. The summed E-state index contributed by atoms with van der Waals surface area (Å²) in [7, 11) is 0. The van der Waals surface area contributed by atoms with Gasteiger partial charge in [-0.1, -0.05) is 36.4 Å². The van der Waals surface area contributed by atoms with E-state index >= 15 is 0 Å². The quantitative estimate of drug-likeness (QED) is 0.244.